The van der Waals surface area contributed by atoms with Crippen LogP contribution in [0.5, 0.6) is 0 Å². The largest absolute Gasteiger partial charge is 0.295 e. The van der Waals surface area contributed by atoms with Crippen LogP contribution in [0.2, 0.25) is 0 Å². The topological polar surface area (TPSA) is 6.48 Å². The van der Waals surface area contributed by atoms with Crippen molar-refractivity contribution < 1.29 is 0 Å². The number of hydrogen-bond acceptors (Lipinski definition) is 2. The first-order valence-electron chi connectivity index (χ1n) is 6.57. The summed E-state index contributed by atoms with van der Waals surface area (Å²) in [5.74, 6) is 0. The quantitative estimate of drug-likeness (QED) is 0.626. The van der Waals surface area contributed by atoms with E-state index in [9.17, 15) is 0 Å². The fraction of sp³-hybridized carbons (Fsp3) is 1.00. The van der Waals surface area contributed by atoms with Crippen LogP contribution in [0.3, 0.4) is 0 Å². The maximum atomic E-state index is 2.66. The average Bonchev–Trinajstić information content (AvgIpc) is 1.97. The van der Waals surface area contributed by atoms with Gasteiger partial charge in [0.05, 0.1) is 0 Å². The summed E-state index contributed by atoms with van der Waals surface area (Å²) in [6.45, 7) is 21.0. The van der Waals surface area contributed by atoms with E-state index in [0.717, 1.165) is 0 Å². The van der Waals surface area contributed by atoms with E-state index in [1.807, 2.05) is 0 Å². The molecular weight excluding hydrogens is 196 g/mol. The Hall–Kier alpha value is -0.0800. The van der Waals surface area contributed by atoms with Crippen molar-refractivity contribution in [3.05, 3.63) is 0 Å². The molecule has 2 atom stereocenters. The fourth-order valence-corrected chi connectivity index (χ4v) is 3.19. The molecule has 16 heavy (non-hydrogen) atoms. The van der Waals surface area contributed by atoms with Crippen LogP contribution in [0.15, 0.2) is 0 Å². The SMILES string of the molecule is C[C@@H]1CN(C(C)(C)C)C[C@H](C)N1C(C)(C)C. The molecule has 1 rings (SSSR count). The van der Waals surface area contributed by atoms with Crippen LogP contribution in [-0.4, -0.2) is 46.1 Å². The highest BCUT2D eigenvalue weighted by Gasteiger charge is 2.38. The zero-order chi connectivity index (χ0) is 12.7. The van der Waals surface area contributed by atoms with Crippen LogP contribution in [0, 0.1) is 0 Å². The predicted octanol–water partition coefficient (Wildman–Crippen LogP) is 2.98. The molecule has 0 spiro atoms. The van der Waals surface area contributed by atoms with E-state index in [1.165, 1.54) is 13.1 Å². The first-order chi connectivity index (χ1) is 7.03. The highest BCUT2D eigenvalue weighted by atomic mass is 15.3. The van der Waals surface area contributed by atoms with E-state index >= 15 is 0 Å². The molecule has 96 valence electrons. The van der Waals surface area contributed by atoms with E-state index in [2.05, 4.69) is 65.2 Å². The number of hydrogen-bond donors (Lipinski definition) is 0. The van der Waals surface area contributed by atoms with Crippen LogP contribution in [0.4, 0.5) is 0 Å². The summed E-state index contributed by atoms with van der Waals surface area (Å²) < 4.78 is 0. The Balaban J connectivity index is 2.80. The minimum Gasteiger partial charge on any atom is -0.295 e. The Kier molecular flexibility index (Phi) is 3.76. The molecule has 1 saturated heterocycles. The third-order valence-corrected chi connectivity index (χ3v) is 3.64. The molecule has 1 aliphatic rings. The van der Waals surface area contributed by atoms with E-state index in [4.69, 9.17) is 0 Å². The maximum absolute atomic E-state index is 2.66. The molecule has 0 aliphatic carbocycles. The first-order valence-corrected chi connectivity index (χ1v) is 6.57. The molecule has 0 amide bonds. The molecule has 1 fully saturated rings. The lowest BCUT2D eigenvalue weighted by atomic mass is 9.94. The summed E-state index contributed by atoms with van der Waals surface area (Å²) in [6, 6.07) is 1.28. The molecule has 2 nitrogen and oxygen atoms in total. The van der Waals surface area contributed by atoms with Gasteiger partial charge in [-0.05, 0) is 55.4 Å². The molecule has 0 aromatic heterocycles. The van der Waals surface area contributed by atoms with Crippen molar-refractivity contribution in [1.29, 1.82) is 0 Å². The molecule has 1 heterocycles. The van der Waals surface area contributed by atoms with Gasteiger partial charge in [-0.25, -0.2) is 0 Å². The predicted molar refractivity (Wildman–Crippen MR) is 71.8 cm³/mol. The Morgan fingerprint density at radius 1 is 0.750 bits per heavy atom. The molecule has 0 unspecified atom stereocenters. The van der Waals surface area contributed by atoms with Crippen molar-refractivity contribution >= 4 is 0 Å². The van der Waals surface area contributed by atoms with Crippen molar-refractivity contribution in [3.8, 4) is 0 Å². The molecule has 0 radical (unpaired) electrons. The van der Waals surface area contributed by atoms with Gasteiger partial charge in [-0.15, -0.1) is 0 Å². The van der Waals surface area contributed by atoms with Gasteiger partial charge in [0.1, 0.15) is 0 Å². The van der Waals surface area contributed by atoms with Gasteiger partial charge in [-0.1, -0.05) is 0 Å². The third-order valence-electron chi connectivity index (χ3n) is 3.64. The van der Waals surface area contributed by atoms with Gasteiger partial charge in [0.2, 0.25) is 0 Å². The number of nitrogens with zero attached hydrogens (tertiary/aromatic N) is 2. The summed E-state index contributed by atoms with van der Waals surface area (Å²) in [6.07, 6.45) is 0. The van der Waals surface area contributed by atoms with Crippen LogP contribution in [-0.2, 0) is 0 Å². The fourth-order valence-electron chi connectivity index (χ4n) is 3.19. The maximum Gasteiger partial charge on any atom is 0.0203 e. The summed E-state index contributed by atoms with van der Waals surface area (Å²) in [4.78, 5) is 5.28. The summed E-state index contributed by atoms with van der Waals surface area (Å²) in [5.41, 5.74) is 0.579. The average molecular weight is 226 g/mol. The van der Waals surface area contributed by atoms with Gasteiger partial charge in [-0.2, -0.15) is 0 Å². The Labute approximate surface area is 102 Å². The highest BCUT2D eigenvalue weighted by molar-refractivity contribution is 4.95. The first kappa shape index (κ1) is 14.0. The molecule has 2 heteroatoms. The van der Waals surface area contributed by atoms with E-state index in [-0.39, 0.29) is 5.54 Å². The lowest BCUT2D eigenvalue weighted by Crippen LogP contribution is -2.65. The third kappa shape index (κ3) is 2.98. The minimum atomic E-state index is 0.281. The van der Waals surface area contributed by atoms with Gasteiger partial charge in [0, 0.05) is 36.3 Å². The standard InChI is InChI=1S/C14H30N2/c1-11-9-15(13(3,4)5)10-12(2)16(11)14(6,7)8/h11-12H,9-10H2,1-8H3/t11-,12+. The van der Waals surface area contributed by atoms with Crippen LogP contribution in [0.1, 0.15) is 55.4 Å². The molecule has 1 aliphatic heterocycles. The summed E-state index contributed by atoms with van der Waals surface area (Å²) in [7, 11) is 0. The van der Waals surface area contributed by atoms with E-state index in [0.29, 0.717) is 17.6 Å². The zero-order valence-corrected chi connectivity index (χ0v) is 12.5. The Morgan fingerprint density at radius 2 is 1.12 bits per heavy atom. The lowest BCUT2D eigenvalue weighted by Gasteiger charge is -2.53. The van der Waals surface area contributed by atoms with Gasteiger partial charge in [0.15, 0.2) is 0 Å². The van der Waals surface area contributed by atoms with Gasteiger partial charge < -0.3 is 0 Å². The van der Waals surface area contributed by atoms with Crippen molar-refractivity contribution in [2.45, 2.75) is 78.6 Å². The lowest BCUT2D eigenvalue weighted by molar-refractivity contribution is -0.0500. The van der Waals surface area contributed by atoms with E-state index < -0.39 is 0 Å². The zero-order valence-electron chi connectivity index (χ0n) is 12.5. The van der Waals surface area contributed by atoms with Crippen molar-refractivity contribution in [2.75, 3.05) is 13.1 Å². The monoisotopic (exact) mass is 226 g/mol. The van der Waals surface area contributed by atoms with Crippen LogP contribution < -0.4 is 0 Å². The second-order valence-electron chi connectivity index (χ2n) is 7.35. The van der Waals surface area contributed by atoms with Gasteiger partial charge >= 0.3 is 0 Å². The molecule has 0 N–H and O–H groups in total. The highest BCUT2D eigenvalue weighted by Crippen LogP contribution is 2.28. The molecule has 0 aromatic rings. The van der Waals surface area contributed by atoms with Gasteiger partial charge in [-0.3, -0.25) is 9.80 Å². The van der Waals surface area contributed by atoms with Crippen LogP contribution in [0.25, 0.3) is 0 Å². The summed E-state index contributed by atoms with van der Waals surface area (Å²) >= 11 is 0. The molecule has 0 aromatic carbocycles. The van der Waals surface area contributed by atoms with E-state index in [1.54, 1.807) is 0 Å². The normalized spacial score (nSPS) is 30.8. The summed E-state index contributed by atoms with van der Waals surface area (Å²) in [5, 5.41) is 0. The Bertz CT molecular complexity index is 222. The van der Waals surface area contributed by atoms with Gasteiger partial charge in [0.25, 0.3) is 0 Å². The second kappa shape index (κ2) is 4.30. The molecule has 0 bridgehead atoms. The van der Waals surface area contributed by atoms with Crippen molar-refractivity contribution in [3.63, 3.8) is 0 Å². The molecular formula is C14H30N2. The van der Waals surface area contributed by atoms with Crippen molar-refractivity contribution in [2.24, 2.45) is 0 Å². The Morgan fingerprint density at radius 3 is 1.38 bits per heavy atom. The second-order valence-corrected chi connectivity index (χ2v) is 7.35. The van der Waals surface area contributed by atoms with Crippen LogP contribution >= 0.6 is 0 Å². The number of piperazine rings is 1. The smallest absolute Gasteiger partial charge is 0.0203 e. The molecule has 0 saturated carbocycles. The number of rotatable bonds is 0. The van der Waals surface area contributed by atoms with Crippen molar-refractivity contribution in [1.82, 2.24) is 9.80 Å². The minimum absolute atomic E-state index is 0.281.